The lowest BCUT2D eigenvalue weighted by atomic mass is 10.1. The third-order valence-electron chi connectivity index (χ3n) is 3.85. The minimum absolute atomic E-state index is 0.679. The minimum Gasteiger partial charge on any atom is -0.493 e. The number of H-pyrrole nitrogens is 1. The highest BCUT2D eigenvalue weighted by Crippen LogP contribution is 2.21. The summed E-state index contributed by atoms with van der Waals surface area (Å²) in [6.45, 7) is 4.53. The quantitative estimate of drug-likeness (QED) is 0.663. The fourth-order valence-electron chi connectivity index (χ4n) is 2.51. The van der Waals surface area contributed by atoms with Gasteiger partial charge in [-0.05, 0) is 42.4 Å². The summed E-state index contributed by atoms with van der Waals surface area (Å²) in [4.78, 5) is 0. The van der Waals surface area contributed by atoms with Gasteiger partial charge in [0.05, 0.1) is 12.3 Å². The first kappa shape index (κ1) is 16.3. The van der Waals surface area contributed by atoms with E-state index in [0.717, 1.165) is 42.2 Å². The van der Waals surface area contributed by atoms with E-state index in [9.17, 15) is 0 Å². The first-order valence-corrected chi connectivity index (χ1v) is 8.37. The van der Waals surface area contributed by atoms with Gasteiger partial charge in [0.1, 0.15) is 5.75 Å². The molecule has 0 spiro atoms. The Balaban J connectivity index is 1.54. The zero-order chi connectivity index (χ0) is 16.6. The summed E-state index contributed by atoms with van der Waals surface area (Å²) in [6.07, 6.45) is 0.912. The maximum atomic E-state index is 5.82. The summed E-state index contributed by atoms with van der Waals surface area (Å²) in [5.41, 5.74) is 4.43. The molecule has 0 aliphatic rings. The van der Waals surface area contributed by atoms with Gasteiger partial charge in [0, 0.05) is 24.2 Å². The van der Waals surface area contributed by atoms with Gasteiger partial charge in [-0.15, -0.1) is 0 Å². The maximum Gasteiger partial charge on any atom is 0.119 e. The molecule has 2 N–H and O–H groups in total. The average Bonchev–Trinajstić information content (AvgIpc) is 3.10. The molecule has 0 saturated carbocycles. The summed E-state index contributed by atoms with van der Waals surface area (Å²) in [5, 5.41) is 10.7. The Morgan fingerprint density at radius 3 is 2.58 bits per heavy atom. The van der Waals surface area contributed by atoms with E-state index in [1.807, 2.05) is 30.3 Å². The Bertz CT molecular complexity index is 735. The molecule has 0 aliphatic heterocycles. The molecule has 24 heavy (non-hydrogen) atoms. The van der Waals surface area contributed by atoms with Crippen LogP contribution in [0.4, 0.5) is 0 Å². The van der Waals surface area contributed by atoms with Gasteiger partial charge in [0.2, 0.25) is 0 Å². The second-order valence-electron chi connectivity index (χ2n) is 5.67. The van der Waals surface area contributed by atoms with Crippen molar-refractivity contribution in [2.45, 2.75) is 19.9 Å². The molecule has 3 aromatic rings. The molecule has 0 saturated heterocycles. The molecular weight excluding hydrogens is 298 g/mol. The molecule has 2 aromatic carbocycles. The van der Waals surface area contributed by atoms with Gasteiger partial charge in [0.15, 0.2) is 0 Å². The topological polar surface area (TPSA) is 49.9 Å². The normalized spacial score (nSPS) is 10.7. The number of hydrogen-bond acceptors (Lipinski definition) is 3. The standard InChI is InChI=1S/C20H23N3O/c1-2-21-15-18-14-20(23-22-18)17-8-10-19(11-9-17)24-13-12-16-6-4-3-5-7-16/h3-11,14,21H,2,12-13,15H2,1H3,(H,22,23). The van der Waals surface area contributed by atoms with Crippen molar-refractivity contribution in [3.63, 3.8) is 0 Å². The first-order chi connectivity index (χ1) is 11.8. The Kier molecular flexibility index (Phi) is 5.64. The van der Waals surface area contributed by atoms with Crippen molar-refractivity contribution in [1.82, 2.24) is 15.5 Å². The van der Waals surface area contributed by atoms with E-state index in [1.165, 1.54) is 5.56 Å². The van der Waals surface area contributed by atoms with Crippen molar-refractivity contribution in [2.24, 2.45) is 0 Å². The zero-order valence-electron chi connectivity index (χ0n) is 14.0. The lowest BCUT2D eigenvalue weighted by Crippen LogP contribution is -2.11. The van der Waals surface area contributed by atoms with Crippen molar-refractivity contribution in [2.75, 3.05) is 13.2 Å². The number of nitrogens with zero attached hydrogens (tertiary/aromatic N) is 1. The van der Waals surface area contributed by atoms with Crippen LogP contribution in [-0.2, 0) is 13.0 Å². The van der Waals surface area contributed by atoms with E-state index in [0.29, 0.717) is 6.61 Å². The van der Waals surface area contributed by atoms with Crippen LogP contribution in [0.1, 0.15) is 18.2 Å². The molecule has 4 nitrogen and oxygen atoms in total. The molecule has 0 aliphatic carbocycles. The predicted octanol–water partition coefficient (Wildman–Crippen LogP) is 3.81. The monoisotopic (exact) mass is 321 g/mol. The molecule has 0 atom stereocenters. The van der Waals surface area contributed by atoms with Crippen LogP contribution in [0.3, 0.4) is 0 Å². The van der Waals surface area contributed by atoms with E-state index in [4.69, 9.17) is 4.74 Å². The number of ether oxygens (including phenoxy) is 1. The van der Waals surface area contributed by atoms with Crippen LogP contribution in [0.2, 0.25) is 0 Å². The van der Waals surface area contributed by atoms with Crippen molar-refractivity contribution >= 4 is 0 Å². The second-order valence-corrected chi connectivity index (χ2v) is 5.67. The van der Waals surface area contributed by atoms with Gasteiger partial charge in [-0.25, -0.2) is 0 Å². The van der Waals surface area contributed by atoms with Gasteiger partial charge in [-0.2, -0.15) is 5.10 Å². The van der Waals surface area contributed by atoms with E-state index < -0.39 is 0 Å². The highest BCUT2D eigenvalue weighted by atomic mass is 16.5. The molecule has 0 fully saturated rings. The third-order valence-corrected chi connectivity index (χ3v) is 3.85. The Hall–Kier alpha value is -2.59. The molecule has 1 aromatic heterocycles. The van der Waals surface area contributed by atoms with E-state index in [-0.39, 0.29) is 0 Å². The van der Waals surface area contributed by atoms with Crippen molar-refractivity contribution < 1.29 is 4.74 Å². The first-order valence-electron chi connectivity index (χ1n) is 8.37. The van der Waals surface area contributed by atoms with E-state index in [1.54, 1.807) is 0 Å². The lowest BCUT2D eigenvalue weighted by Gasteiger charge is -2.06. The van der Waals surface area contributed by atoms with Crippen molar-refractivity contribution in [1.29, 1.82) is 0 Å². The predicted molar refractivity (Wildman–Crippen MR) is 97.0 cm³/mol. The molecule has 0 amide bonds. The van der Waals surface area contributed by atoms with Crippen LogP contribution < -0.4 is 10.1 Å². The molecule has 3 rings (SSSR count). The molecule has 0 unspecified atom stereocenters. The van der Waals surface area contributed by atoms with Gasteiger partial charge in [-0.1, -0.05) is 37.3 Å². The van der Waals surface area contributed by atoms with Crippen LogP contribution in [0.5, 0.6) is 5.75 Å². The number of hydrogen-bond donors (Lipinski definition) is 2. The van der Waals surface area contributed by atoms with Crippen molar-refractivity contribution in [3.05, 3.63) is 71.9 Å². The number of rotatable bonds is 8. The molecule has 124 valence electrons. The van der Waals surface area contributed by atoms with Gasteiger partial charge in [-0.3, -0.25) is 5.10 Å². The average molecular weight is 321 g/mol. The molecule has 4 heteroatoms. The Morgan fingerprint density at radius 1 is 1.04 bits per heavy atom. The van der Waals surface area contributed by atoms with E-state index in [2.05, 4.69) is 52.8 Å². The smallest absolute Gasteiger partial charge is 0.119 e. The maximum absolute atomic E-state index is 5.82. The zero-order valence-corrected chi connectivity index (χ0v) is 14.0. The third kappa shape index (κ3) is 4.46. The SMILES string of the molecule is CCNCc1cc(-c2ccc(OCCc3ccccc3)cc2)n[nH]1. The molecule has 1 heterocycles. The van der Waals surface area contributed by atoms with Crippen LogP contribution in [0.25, 0.3) is 11.3 Å². The van der Waals surface area contributed by atoms with Crippen LogP contribution >= 0.6 is 0 Å². The Labute approximate surface area is 142 Å². The van der Waals surface area contributed by atoms with Crippen molar-refractivity contribution in [3.8, 4) is 17.0 Å². The van der Waals surface area contributed by atoms with Crippen LogP contribution in [-0.4, -0.2) is 23.3 Å². The highest BCUT2D eigenvalue weighted by molar-refractivity contribution is 5.60. The summed E-state index contributed by atoms with van der Waals surface area (Å²) in [6, 6.07) is 20.5. The summed E-state index contributed by atoms with van der Waals surface area (Å²) >= 11 is 0. The number of benzene rings is 2. The van der Waals surface area contributed by atoms with E-state index >= 15 is 0 Å². The number of aromatic nitrogens is 2. The Morgan fingerprint density at radius 2 is 1.83 bits per heavy atom. The number of nitrogens with one attached hydrogen (secondary N) is 2. The fourth-order valence-corrected chi connectivity index (χ4v) is 2.51. The lowest BCUT2D eigenvalue weighted by molar-refractivity contribution is 0.322. The van der Waals surface area contributed by atoms with Crippen LogP contribution in [0, 0.1) is 0 Å². The molecule has 0 bridgehead atoms. The van der Waals surface area contributed by atoms with Gasteiger partial charge < -0.3 is 10.1 Å². The summed E-state index contributed by atoms with van der Waals surface area (Å²) in [5.74, 6) is 0.887. The minimum atomic E-state index is 0.679. The fraction of sp³-hybridized carbons (Fsp3) is 0.250. The highest BCUT2D eigenvalue weighted by Gasteiger charge is 2.04. The summed E-state index contributed by atoms with van der Waals surface area (Å²) < 4.78 is 5.82. The molecular formula is C20H23N3O. The molecule has 0 radical (unpaired) electrons. The second kappa shape index (κ2) is 8.31. The largest absolute Gasteiger partial charge is 0.493 e. The number of aromatic amines is 1. The summed E-state index contributed by atoms with van der Waals surface area (Å²) in [7, 11) is 0. The van der Waals surface area contributed by atoms with Gasteiger partial charge in [0.25, 0.3) is 0 Å². The van der Waals surface area contributed by atoms with Gasteiger partial charge >= 0.3 is 0 Å². The van der Waals surface area contributed by atoms with Crippen LogP contribution in [0.15, 0.2) is 60.7 Å².